The third kappa shape index (κ3) is 4.02. The Morgan fingerprint density at radius 3 is 2.71 bits per heavy atom. The lowest BCUT2D eigenvalue weighted by atomic mass is 9.95. The minimum atomic E-state index is -0.243. The highest BCUT2D eigenvalue weighted by molar-refractivity contribution is 5.78. The third-order valence-corrected chi connectivity index (χ3v) is 4.10. The Kier molecular flexibility index (Phi) is 4.51. The van der Waals surface area contributed by atoms with E-state index in [1.54, 1.807) is 12.1 Å². The molecule has 2 fully saturated rings. The Labute approximate surface area is 124 Å². The first kappa shape index (κ1) is 14.5. The van der Waals surface area contributed by atoms with Gasteiger partial charge in [0.05, 0.1) is 12.6 Å². The van der Waals surface area contributed by atoms with Crippen LogP contribution in [0.3, 0.4) is 0 Å². The zero-order chi connectivity index (χ0) is 14.7. The molecule has 1 aliphatic carbocycles. The molecule has 4 nitrogen and oxygen atoms in total. The molecule has 0 radical (unpaired) electrons. The molecular weight excluding hydrogens is 271 g/mol. The second-order valence-electron chi connectivity index (χ2n) is 5.85. The monoisotopic (exact) mass is 292 g/mol. The van der Waals surface area contributed by atoms with Gasteiger partial charge in [0.25, 0.3) is 0 Å². The van der Waals surface area contributed by atoms with Crippen molar-refractivity contribution in [3.05, 3.63) is 35.6 Å². The van der Waals surface area contributed by atoms with Crippen LogP contribution in [0.2, 0.25) is 0 Å². The van der Waals surface area contributed by atoms with Crippen molar-refractivity contribution in [1.82, 2.24) is 10.6 Å². The summed E-state index contributed by atoms with van der Waals surface area (Å²) in [5, 5.41) is 6.16. The van der Waals surface area contributed by atoms with Gasteiger partial charge in [0.1, 0.15) is 5.82 Å². The molecule has 1 aromatic carbocycles. The SMILES string of the molecule is O=C(CNC1CC1)NC[C@@H]1CCO[C@H]1c1ccc(F)cc1. The predicted octanol–water partition coefficient (Wildman–Crippen LogP) is 1.77. The molecule has 2 N–H and O–H groups in total. The molecule has 2 atom stereocenters. The molecule has 1 saturated carbocycles. The lowest BCUT2D eigenvalue weighted by molar-refractivity contribution is -0.120. The van der Waals surface area contributed by atoms with E-state index in [9.17, 15) is 9.18 Å². The second-order valence-corrected chi connectivity index (χ2v) is 5.85. The molecule has 3 rings (SSSR count). The zero-order valence-electron chi connectivity index (χ0n) is 12.0. The van der Waals surface area contributed by atoms with Crippen molar-refractivity contribution in [3.63, 3.8) is 0 Å². The largest absolute Gasteiger partial charge is 0.373 e. The first-order valence-corrected chi connectivity index (χ1v) is 7.59. The molecule has 0 aromatic heterocycles. The lowest BCUT2D eigenvalue weighted by Gasteiger charge is -2.19. The number of nitrogens with one attached hydrogen (secondary N) is 2. The molecule has 1 amide bonds. The zero-order valence-corrected chi connectivity index (χ0v) is 12.0. The fraction of sp³-hybridized carbons (Fsp3) is 0.562. The van der Waals surface area contributed by atoms with Crippen LogP contribution >= 0.6 is 0 Å². The van der Waals surface area contributed by atoms with Gasteiger partial charge in [-0.2, -0.15) is 0 Å². The summed E-state index contributed by atoms with van der Waals surface area (Å²) in [6.45, 7) is 1.68. The Hall–Kier alpha value is -1.46. The summed E-state index contributed by atoms with van der Waals surface area (Å²) >= 11 is 0. The topological polar surface area (TPSA) is 50.4 Å². The third-order valence-electron chi connectivity index (χ3n) is 4.10. The molecule has 0 bridgehead atoms. The average Bonchev–Trinajstić information content (AvgIpc) is 3.20. The standard InChI is InChI=1S/C16H21FN2O2/c17-13-3-1-11(2-4-13)16-12(7-8-21-16)9-19-15(20)10-18-14-5-6-14/h1-4,12,14,16,18H,5-10H2,(H,19,20)/t12-,16-/m0/s1. The first-order valence-electron chi connectivity index (χ1n) is 7.59. The van der Waals surface area contributed by atoms with E-state index in [4.69, 9.17) is 4.74 Å². The quantitative estimate of drug-likeness (QED) is 0.840. The normalized spacial score (nSPS) is 25.0. The number of carbonyl (C=O) groups is 1. The summed E-state index contributed by atoms with van der Waals surface area (Å²) < 4.78 is 18.7. The van der Waals surface area contributed by atoms with Crippen molar-refractivity contribution >= 4 is 5.91 Å². The van der Waals surface area contributed by atoms with Gasteiger partial charge in [-0.1, -0.05) is 12.1 Å². The van der Waals surface area contributed by atoms with Crippen LogP contribution in [0.1, 0.15) is 30.9 Å². The Balaban J connectivity index is 1.49. The minimum absolute atomic E-state index is 0.0339. The van der Waals surface area contributed by atoms with E-state index >= 15 is 0 Å². The van der Waals surface area contributed by atoms with E-state index in [2.05, 4.69) is 10.6 Å². The highest BCUT2D eigenvalue weighted by Gasteiger charge is 2.30. The smallest absolute Gasteiger partial charge is 0.233 e. The molecular formula is C16H21FN2O2. The van der Waals surface area contributed by atoms with Crippen molar-refractivity contribution in [2.45, 2.75) is 31.4 Å². The number of hydrogen-bond acceptors (Lipinski definition) is 3. The molecule has 2 aliphatic rings. The van der Waals surface area contributed by atoms with Crippen molar-refractivity contribution in [1.29, 1.82) is 0 Å². The summed E-state index contributed by atoms with van der Waals surface area (Å²) in [6.07, 6.45) is 3.22. The van der Waals surface area contributed by atoms with Gasteiger partial charge in [0, 0.05) is 25.1 Å². The number of rotatable bonds is 6. The van der Waals surface area contributed by atoms with Crippen LogP contribution in [-0.4, -0.2) is 31.6 Å². The van der Waals surface area contributed by atoms with Gasteiger partial charge in [-0.15, -0.1) is 0 Å². The van der Waals surface area contributed by atoms with Crippen LogP contribution in [-0.2, 0) is 9.53 Å². The maximum Gasteiger partial charge on any atom is 0.233 e. The number of carbonyl (C=O) groups excluding carboxylic acids is 1. The molecule has 1 heterocycles. The number of benzene rings is 1. The highest BCUT2D eigenvalue weighted by Crippen LogP contribution is 2.34. The summed E-state index contributed by atoms with van der Waals surface area (Å²) in [5.41, 5.74) is 0.976. The number of halogens is 1. The van der Waals surface area contributed by atoms with Crippen LogP contribution in [0, 0.1) is 11.7 Å². The molecule has 1 saturated heterocycles. The van der Waals surface area contributed by atoms with Gasteiger partial charge in [0.15, 0.2) is 0 Å². The highest BCUT2D eigenvalue weighted by atomic mass is 19.1. The van der Waals surface area contributed by atoms with E-state index in [1.807, 2.05) is 0 Å². The van der Waals surface area contributed by atoms with E-state index in [0.717, 1.165) is 12.0 Å². The van der Waals surface area contributed by atoms with Crippen LogP contribution in [0.15, 0.2) is 24.3 Å². The Morgan fingerprint density at radius 2 is 2.00 bits per heavy atom. The summed E-state index contributed by atoms with van der Waals surface area (Å²) in [4.78, 5) is 11.8. The van der Waals surface area contributed by atoms with Gasteiger partial charge < -0.3 is 15.4 Å². The lowest BCUT2D eigenvalue weighted by Crippen LogP contribution is -2.37. The van der Waals surface area contributed by atoms with Crippen LogP contribution in [0.25, 0.3) is 0 Å². The predicted molar refractivity (Wildman–Crippen MR) is 77.2 cm³/mol. The summed E-state index contributed by atoms with van der Waals surface area (Å²) in [5.74, 6) is 0.0414. The van der Waals surface area contributed by atoms with Crippen molar-refractivity contribution in [3.8, 4) is 0 Å². The summed E-state index contributed by atoms with van der Waals surface area (Å²) in [7, 11) is 0. The maximum atomic E-state index is 13.0. The molecule has 1 aliphatic heterocycles. The second kappa shape index (κ2) is 6.54. The van der Waals surface area contributed by atoms with Gasteiger partial charge in [-0.05, 0) is 37.0 Å². The number of hydrogen-bond donors (Lipinski definition) is 2. The van der Waals surface area contributed by atoms with Crippen molar-refractivity contribution < 1.29 is 13.9 Å². The van der Waals surface area contributed by atoms with Gasteiger partial charge in [0.2, 0.25) is 5.91 Å². The fourth-order valence-electron chi connectivity index (χ4n) is 2.70. The number of ether oxygens (including phenoxy) is 1. The van der Waals surface area contributed by atoms with E-state index in [1.165, 1.54) is 25.0 Å². The molecule has 21 heavy (non-hydrogen) atoms. The minimum Gasteiger partial charge on any atom is -0.373 e. The Bertz CT molecular complexity index is 488. The molecule has 114 valence electrons. The maximum absolute atomic E-state index is 13.0. The fourth-order valence-corrected chi connectivity index (χ4v) is 2.70. The van der Waals surface area contributed by atoms with E-state index in [0.29, 0.717) is 25.7 Å². The molecule has 0 unspecified atom stereocenters. The average molecular weight is 292 g/mol. The number of amides is 1. The van der Waals surface area contributed by atoms with Crippen molar-refractivity contribution in [2.24, 2.45) is 5.92 Å². The van der Waals surface area contributed by atoms with Crippen LogP contribution in [0.4, 0.5) is 4.39 Å². The molecule has 0 spiro atoms. The molecule has 1 aromatic rings. The first-order chi connectivity index (χ1) is 10.2. The van der Waals surface area contributed by atoms with Crippen LogP contribution < -0.4 is 10.6 Å². The Morgan fingerprint density at radius 1 is 1.24 bits per heavy atom. The van der Waals surface area contributed by atoms with Gasteiger partial charge in [-0.25, -0.2) is 4.39 Å². The summed E-state index contributed by atoms with van der Waals surface area (Å²) in [6, 6.07) is 6.96. The van der Waals surface area contributed by atoms with Gasteiger partial charge >= 0.3 is 0 Å². The van der Waals surface area contributed by atoms with E-state index in [-0.39, 0.29) is 23.7 Å². The van der Waals surface area contributed by atoms with E-state index < -0.39 is 0 Å². The molecule has 5 heteroatoms. The van der Waals surface area contributed by atoms with Crippen LogP contribution in [0.5, 0.6) is 0 Å². The van der Waals surface area contributed by atoms with Crippen molar-refractivity contribution in [2.75, 3.05) is 19.7 Å². The van der Waals surface area contributed by atoms with Gasteiger partial charge in [-0.3, -0.25) is 4.79 Å².